The standard InChI is InChI=1S/C20H33N5O3/c1-13-10-22-16(14(2)17(13)27-7)11-23-18(21-6)25-9-8-15(12-25)24-19(26)28-20(3,4)5/h10,15H,8-9,11-12H2,1-7H3,(H,21,23)(H,24,26). The molecule has 1 fully saturated rings. The summed E-state index contributed by atoms with van der Waals surface area (Å²) in [4.78, 5) is 23.0. The molecule has 0 aliphatic carbocycles. The number of aliphatic imine (C=N–C) groups is 1. The van der Waals surface area contributed by atoms with Crippen molar-refractivity contribution in [2.45, 2.75) is 59.2 Å². The van der Waals surface area contributed by atoms with Crippen molar-refractivity contribution in [3.63, 3.8) is 0 Å². The molecular weight excluding hydrogens is 358 g/mol. The summed E-state index contributed by atoms with van der Waals surface area (Å²) in [5.74, 6) is 1.65. The van der Waals surface area contributed by atoms with Gasteiger partial charge in [-0.15, -0.1) is 0 Å². The van der Waals surface area contributed by atoms with E-state index in [4.69, 9.17) is 9.47 Å². The van der Waals surface area contributed by atoms with Crippen molar-refractivity contribution in [3.8, 4) is 5.75 Å². The van der Waals surface area contributed by atoms with Crippen LogP contribution in [0, 0.1) is 13.8 Å². The molecule has 8 nitrogen and oxygen atoms in total. The quantitative estimate of drug-likeness (QED) is 0.605. The van der Waals surface area contributed by atoms with Gasteiger partial charge in [-0.05, 0) is 41.0 Å². The van der Waals surface area contributed by atoms with Gasteiger partial charge in [0.05, 0.1) is 25.4 Å². The molecule has 0 aromatic carbocycles. The topological polar surface area (TPSA) is 88.1 Å². The molecule has 0 saturated carbocycles. The number of rotatable bonds is 4. The number of methoxy groups -OCH3 is 1. The Kier molecular flexibility index (Phi) is 7.10. The fourth-order valence-corrected chi connectivity index (χ4v) is 3.29. The van der Waals surface area contributed by atoms with Crippen LogP contribution in [0.25, 0.3) is 0 Å². The van der Waals surface area contributed by atoms with E-state index in [9.17, 15) is 4.79 Å². The average Bonchev–Trinajstić information content (AvgIpc) is 3.04. The number of hydrogen-bond donors (Lipinski definition) is 2. The molecule has 2 heterocycles. The van der Waals surface area contributed by atoms with Crippen LogP contribution in [0.3, 0.4) is 0 Å². The van der Waals surface area contributed by atoms with Crippen LogP contribution in [-0.4, -0.2) is 60.8 Å². The molecule has 1 aliphatic heterocycles. The van der Waals surface area contributed by atoms with Gasteiger partial charge in [-0.25, -0.2) is 4.79 Å². The van der Waals surface area contributed by atoms with E-state index in [-0.39, 0.29) is 12.1 Å². The molecular formula is C20H33N5O3. The van der Waals surface area contributed by atoms with Crippen LogP contribution < -0.4 is 15.4 Å². The molecule has 0 radical (unpaired) electrons. The number of carbonyl (C=O) groups is 1. The van der Waals surface area contributed by atoms with Gasteiger partial charge in [-0.2, -0.15) is 0 Å². The van der Waals surface area contributed by atoms with E-state index < -0.39 is 5.60 Å². The third-order valence-electron chi connectivity index (χ3n) is 4.58. The number of hydrogen-bond acceptors (Lipinski definition) is 5. The molecule has 8 heteroatoms. The highest BCUT2D eigenvalue weighted by atomic mass is 16.6. The fraction of sp³-hybridized carbons (Fsp3) is 0.650. The minimum absolute atomic E-state index is 0.0349. The lowest BCUT2D eigenvalue weighted by atomic mass is 10.1. The van der Waals surface area contributed by atoms with Crippen LogP contribution in [0.2, 0.25) is 0 Å². The van der Waals surface area contributed by atoms with Crippen molar-refractivity contribution in [2.75, 3.05) is 27.2 Å². The number of amides is 1. The maximum Gasteiger partial charge on any atom is 0.407 e. The van der Waals surface area contributed by atoms with Gasteiger partial charge in [-0.1, -0.05) is 0 Å². The summed E-state index contributed by atoms with van der Waals surface area (Å²) in [7, 11) is 3.43. The number of pyridine rings is 1. The van der Waals surface area contributed by atoms with Crippen LogP contribution >= 0.6 is 0 Å². The van der Waals surface area contributed by atoms with E-state index in [2.05, 4.69) is 25.5 Å². The number of nitrogens with zero attached hydrogens (tertiary/aromatic N) is 3. The van der Waals surface area contributed by atoms with Crippen molar-refractivity contribution in [1.82, 2.24) is 20.5 Å². The van der Waals surface area contributed by atoms with Crippen LogP contribution in [-0.2, 0) is 11.3 Å². The summed E-state index contributed by atoms with van der Waals surface area (Å²) in [6.45, 7) is 11.6. The minimum Gasteiger partial charge on any atom is -0.496 e. The van der Waals surface area contributed by atoms with E-state index >= 15 is 0 Å². The molecule has 1 saturated heterocycles. The third-order valence-corrected chi connectivity index (χ3v) is 4.58. The molecule has 1 unspecified atom stereocenters. The maximum atomic E-state index is 12.0. The molecule has 1 aromatic rings. The summed E-state index contributed by atoms with van der Waals surface area (Å²) in [5.41, 5.74) is 2.46. The predicted octanol–water partition coefficient (Wildman–Crippen LogP) is 2.38. The third kappa shape index (κ3) is 5.74. The van der Waals surface area contributed by atoms with Gasteiger partial charge in [-0.3, -0.25) is 9.98 Å². The Morgan fingerprint density at radius 1 is 1.39 bits per heavy atom. The number of guanidine groups is 1. The number of likely N-dealkylation sites (tertiary alicyclic amines) is 1. The lowest BCUT2D eigenvalue weighted by Crippen LogP contribution is -2.44. The predicted molar refractivity (Wildman–Crippen MR) is 110 cm³/mol. The molecule has 0 bridgehead atoms. The second kappa shape index (κ2) is 9.12. The van der Waals surface area contributed by atoms with Crippen molar-refractivity contribution in [1.29, 1.82) is 0 Å². The first kappa shape index (κ1) is 21.8. The van der Waals surface area contributed by atoms with Gasteiger partial charge in [0.1, 0.15) is 11.4 Å². The van der Waals surface area contributed by atoms with Gasteiger partial charge < -0.3 is 25.0 Å². The molecule has 1 aliphatic rings. The van der Waals surface area contributed by atoms with E-state index in [1.807, 2.05) is 40.8 Å². The zero-order chi connectivity index (χ0) is 20.9. The van der Waals surface area contributed by atoms with Gasteiger partial charge >= 0.3 is 6.09 Å². The Bertz CT molecular complexity index is 727. The molecule has 1 aromatic heterocycles. The molecule has 156 valence electrons. The molecule has 2 N–H and O–H groups in total. The molecule has 0 spiro atoms. The Labute approximate surface area is 167 Å². The molecule has 1 atom stereocenters. The van der Waals surface area contributed by atoms with Gasteiger partial charge in [0.25, 0.3) is 0 Å². The summed E-state index contributed by atoms with van der Waals surface area (Å²) >= 11 is 0. The van der Waals surface area contributed by atoms with Crippen molar-refractivity contribution < 1.29 is 14.3 Å². The molecule has 2 rings (SSSR count). The fourth-order valence-electron chi connectivity index (χ4n) is 3.29. The van der Waals surface area contributed by atoms with Gasteiger partial charge in [0, 0.05) is 37.5 Å². The Balaban J connectivity index is 1.92. The second-order valence-electron chi connectivity index (χ2n) is 8.02. The summed E-state index contributed by atoms with van der Waals surface area (Å²) in [6.07, 6.45) is 2.28. The highest BCUT2D eigenvalue weighted by Gasteiger charge is 2.28. The molecule has 28 heavy (non-hydrogen) atoms. The van der Waals surface area contributed by atoms with Crippen LogP contribution in [0.15, 0.2) is 11.2 Å². The first-order chi connectivity index (χ1) is 13.1. The summed E-state index contributed by atoms with van der Waals surface area (Å²) in [5, 5.41) is 6.30. The number of carbonyl (C=O) groups excluding carboxylic acids is 1. The van der Waals surface area contributed by atoms with Gasteiger partial charge in [0.15, 0.2) is 5.96 Å². The number of aryl methyl sites for hydroxylation is 1. The lowest BCUT2D eigenvalue weighted by molar-refractivity contribution is 0.0507. The zero-order valence-electron chi connectivity index (χ0n) is 18.0. The van der Waals surface area contributed by atoms with Crippen LogP contribution in [0.1, 0.15) is 44.0 Å². The lowest BCUT2D eigenvalue weighted by Gasteiger charge is -2.23. The van der Waals surface area contributed by atoms with Crippen molar-refractivity contribution in [3.05, 3.63) is 23.0 Å². The van der Waals surface area contributed by atoms with Crippen molar-refractivity contribution >= 4 is 12.1 Å². The minimum atomic E-state index is -0.500. The first-order valence-corrected chi connectivity index (χ1v) is 9.58. The zero-order valence-corrected chi connectivity index (χ0v) is 18.0. The smallest absolute Gasteiger partial charge is 0.407 e. The van der Waals surface area contributed by atoms with Gasteiger partial charge in [0.2, 0.25) is 0 Å². The first-order valence-electron chi connectivity index (χ1n) is 9.58. The summed E-state index contributed by atoms with van der Waals surface area (Å²) < 4.78 is 10.8. The Hall–Kier alpha value is -2.51. The van der Waals surface area contributed by atoms with E-state index in [0.717, 1.165) is 41.5 Å². The van der Waals surface area contributed by atoms with Crippen LogP contribution in [0.4, 0.5) is 4.79 Å². The molecule has 1 amide bonds. The summed E-state index contributed by atoms with van der Waals surface area (Å²) in [6, 6.07) is 0.0349. The normalized spacial score (nSPS) is 17.5. The number of alkyl carbamates (subject to hydrolysis) is 1. The van der Waals surface area contributed by atoms with E-state index in [0.29, 0.717) is 13.1 Å². The largest absolute Gasteiger partial charge is 0.496 e. The number of aromatic nitrogens is 1. The Morgan fingerprint density at radius 3 is 2.71 bits per heavy atom. The number of nitrogens with one attached hydrogen (secondary N) is 2. The highest BCUT2D eigenvalue weighted by Crippen LogP contribution is 2.23. The van der Waals surface area contributed by atoms with Crippen LogP contribution in [0.5, 0.6) is 5.75 Å². The average molecular weight is 392 g/mol. The van der Waals surface area contributed by atoms with E-state index in [1.54, 1.807) is 14.2 Å². The van der Waals surface area contributed by atoms with E-state index in [1.165, 1.54) is 0 Å². The second-order valence-corrected chi connectivity index (χ2v) is 8.02. The van der Waals surface area contributed by atoms with Crippen molar-refractivity contribution in [2.24, 2.45) is 4.99 Å². The maximum absolute atomic E-state index is 12.0. The Morgan fingerprint density at radius 2 is 2.11 bits per heavy atom. The SMILES string of the molecule is CN=C(NCc1ncc(C)c(OC)c1C)N1CCC(NC(=O)OC(C)(C)C)C1. The number of ether oxygens (including phenoxy) is 2. The highest BCUT2D eigenvalue weighted by molar-refractivity contribution is 5.80. The monoisotopic (exact) mass is 391 g/mol.